The van der Waals surface area contributed by atoms with Crippen LogP contribution in [0.3, 0.4) is 0 Å². The van der Waals surface area contributed by atoms with Gasteiger partial charge in [-0.05, 0) is 24.6 Å². The Hall–Kier alpha value is -2.22. The molecule has 0 unspecified atom stereocenters. The maximum absolute atomic E-state index is 13.5. The molecule has 0 aliphatic carbocycles. The van der Waals surface area contributed by atoms with Gasteiger partial charge in [-0.3, -0.25) is 4.72 Å². The van der Waals surface area contributed by atoms with Crippen molar-refractivity contribution in [2.45, 2.75) is 11.8 Å². The van der Waals surface area contributed by atoms with Gasteiger partial charge in [-0.2, -0.15) is 0 Å². The topological polar surface area (TPSA) is 98.0 Å². The number of hydrogen-bond donors (Lipinski definition) is 2. The lowest BCUT2D eigenvalue weighted by molar-refractivity contribution is 0.597. The lowest BCUT2D eigenvalue weighted by Gasteiger charge is -2.09. The molecule has 0 bridgehead atoms. The van der Waals surface area contributed by atoms with E-state index in [2.05, 4.69) is 14.7 Å². The number of anilines is 2. The van der Waals surface area contributed by atoms with Crippen molar-refractivity contribution in [3.05, 3.63) is 42.0 Å². The molecule has 0 radical (unpaired) electrons. The molecule has 0 atom stereocenters. The Balaban J connectivity index is 2.36. The fourth-order valence-corrected chi connectivity index (χ4v) is 2.33. The second-order valence-corrected chi connectivity index (χ2v) is 5.55. The van der Waals surface area contributed by atoms with Gasteiger partial charge in [-0.25, -0.2) is 22.8 Å². The van der Waals surface area contributed by atoms with Crippen LogP contribution in [0.1, 0.15) is 5.56 Å². The number of hydrogen-bond acceptors (Lipinski definition) is 5. The van der Waals surface area contributed by atoms with E-state index in [4.69, 9.17) is 5.73 Å². The first-order valence-corrected chi connectivity index (χ1v) is 6.73. The van der Waals surface area contributed by atoms with Gasteiger partial charge in [0.15, 0.2) is 0 Å². The molecule has 1 aromatic heterocycles. The zero-order valence-corrected chi connectivity index (χ0v) is 10.8. The van der Waals surface area contributed by atoms with Crippen LogP contribution in [0.25, 0.3) is 0 Å². The van der Waals surface area contributed by atoms with E-state index in [1.807, 2.05) is 0 Å². The molecule has 0 aliphatic heterocycles. The van der Waals surface area contributed by atoms with E-state index in [1.54, 1.807) is 13.0 Å². The monoisotopic (exact) mass is 282 g/mol. The molecule has 2 aromatic rings. The third-order valence-electron chi connectivity index (χ3n) is 2.32. The molecule has 0 spiro atoms. The highest BCUT2D eigenvalue weighted by atomic mass is 32.2. The number of aryl methyl sites for hydroxylation is 1. The molecule has 19 heavy (non-hydrogen) atoms. The van der Waals surface area contributed by atoms with E-state index in [9.17, 15) is 12.8 Å². The summed E-state index contributed by atoms with van der Waals surface area (Å²) >= 11 is 0. The average Bonchev–Trinajstić information content (AvgIpc) is 2.34. The van der Waals surface area contributed by atoms with Crippen molar-refractivity contribution in [2.75, 3.05) is 10.5 Å². The van der Waals surface area contributed by atoms with Crippen LogP contribution < -0.4 is 10.5 Å². The van der Waals surface area contributed by atoms with Gasteiger partial charge in [0.1, 0.15) is 10.7 Å². The third kappa shape index (κ3) is 2.97. The van der Waals surface area contributed by atoms with Crippen molar-refractivity contribution in [1.29, 1.82) is 0 Å². The Morgan fingerprint density at radius 3 is 2.53 bits per heavy atom. The van der Waals surface area contributed by atoms with Crippen molar-refractivity contribution in [3.8, 4) is 0 Å². The average molecular weight is 282 g/mol. The Morgan fingerprint density at radius 2 is 1.89 bits per heavy atom. The number of rotatable bonds is 3. The van der Waals surface area contributed by atoms with Gasteiger partial charge in [-0.1, -0.05) is 6.07 Å². The maximum atomic E-state index is 13.5. The van der Waals surface area contributed by atoms with E-state index >= 15 is 0 Å². The summed E-state index contributed by atoms with van der Waals surface area (Å²) in [5, 5.41) is 0. The summed E-state index contributed by atoms with van der Waals surface area (Å²) in [5.41, 5.74) is 5.87. The molecule has 6 nitrogen and oxygen atoms in total. The standard InChI is InChI=1S/C11H11FN4O2S/c1-7-2-3-9(12)10(4-7)16-19(17,18)8-5-14-11(13)15-6-8/h2-6,16H,1H3,(H2,13,14,15). The Labute approximate surface area is 109 Å². The molecule has 0 saturated heterocycles. The summed E-state index contributed by atoms with van der Waals surface area (Å²) in [6.07, 6.45) is 2.11. The van der Waals surface area contributed by atoms with Crippen LogP contribution in [-0.2, 0) is 10.0 Å². The predicted molar refractivity (Wildman–Crippen MR) is 68.4 cm³/mol. The number of nitrogen functional groups attached to an aromatic ring is 1. The Morgan fingerprint density at radius 1 is 1.26 bits per heavy atom. The Kier molecular flexibility index (Phi) is 3.34. The third-order valence-corrected chi connectivity index (χ3v) is 3.64. The smallest absolute Gasteiger partial charge is 0.265 e. The van der Waals surface area contributed by atoms with Crippen molar-refractivity contribution in [1.82, 2.24) is 9.97 Å². The molecule has 0 fully saturated rings. The molecule has 1 heterocycles. The minimum Gasteiger partial charge on any atom is -0.368 e. The van der Waals surface area contributed by atoms with Gasteiger partial charge in [0, 0.05) is 0 Å². The summed E-state index contributed by atoms with van der Waals surface area (Å²) < 4.78 is 39.6. The highest BCUT2D eigenvalue weighted by Gasteiger charge is 2.17. The molecule has 2 rings (SSSR count). The van der Waals surface area contributed by atoms with E-state index in [0.717, 1.165) is 18.0 Å². The molecule has 3 N–H and O–H groups in total. The van der Waals surface area contributed by atoms with Gasteiger partial charge in [0.25, 0.3) is 10.0 Å². The number of nitrogens with zero attached hydrogens (tertiary/aromatic N) is 2. The van der Waals surface area contributed by atoms with Gasteiger partial charge in [-0.15, -0.1) is 0 Å². The van der Waals surface area contributed by atoms with E-state index in [1.165, 1.54) is 12.1 Å². The molecule has 100 valence electrons. The van der Waals surface area contributed by atoms with Crippen molar-refractivity contribution in [2.24, 2.45) is 0 Å². The maximum Gasteiger partial charge on any atom is 0.265 e. The largest absolute Gasteiger partial charge is 0.368 e. The molecular formula is C11H11FN4O2S. The fraction of sp³-hybridized carbons (Fsp3) is 0.0909. The van der Waals surface area contributed by atoms with Crippen molar-refractivity contribution >= 4 is 21.7 Å². The van der Waals surface area contributed by atoms with Gasteiger partial charge in [0.2, 0.25) is 5.95 Å². The van der Waals surface area contributed by atoms with Crippen LogP contribution in [0.5, 0.6) is 0 Å². The minimum atomic E-state index is -3.94. The highest BCUT2D eigenvalue weighted by Crippen LogP contribution is 2.19. The van der Waals surface area contributed by atoms with E-state index in [0.29, 0.717) is 0 Å². The second-order valence-electron chi connectivity index (χ2n) is 3.87. The van der Waals surface area contributed by atoms with Gasteiger partial charge in [0.05, 0.1) is 18.1 Å². The number of halogens is 1. The number of benzene rings is 1. The normalized spacial score (nSPS) is 11.3. The first-order chi connectivity index (χ1) is 8.88. The number of aromatic nitrogens is 2. The van der Waals surface area contributed by atoms with Gasteiger partial charge < -0.3 is 5.73 Å². The van der Waals surface area contributed by atoms with Gasteiger partial charge >= 0.3 is 0 Å². The first kappa shape index (κ1) is 13.2. The summed E-state index contributed by atoms with van der Waals surface area (Å²) in [5.74, 6) is -0.703. The second kappa shape index (κ2) is 4.81. The summed E-state index contributed by atoms with van der Waals surface area (Å²) in [6, 6.07) is 4.12. The highest BCUT2D eigenvalue weighted by molar-refractivity contribution is 7.92. The molecule has 0 amide bonds. The summed E-state index contributed by atoms with van der Waals surface area (Å²) in [4.78, 5) is 6.97. The van der Waals surface area contributed by atoms with Crippen LogP contribution in [0, 0.1) is 12.7 Å². The predicted octanol–water partition coefficient (Wildman–Crippen LogP) is 1.31. The van der Waals surface area contributed by atoms with E-state index < -0.39 is 15.8 Å². The summed E-state index contributed by atoms with van der Waals surface area (Å²) in [6.45, 7) is 1.73. The zero-order chi connectivity index (χ0) is 14.0. The van der Waals surface area contributed by atoms with Crippen molar-refractivity contribution < 1.29 is 12.8 Å². The van der Waals surface area contributed by atoms with E-state index in [-0.39, 0.29) is 16.5 Å². The van der Waals surface area contributed by atoms with Crippen molar-refractivity contribution in [3.63, 3.8) is 0 Å². The lowest BCUT2D eigenvalue weighted by atomic mass is 10.2. The SMILES string of the molecule is Cc1ccc(F)c(NS(=O)(=O)c2cnc(N)nc2)c1. The number of nitrogens with two attached hydrogens (primary N) is 1. The van der Waals surface area contributed by atoms with Crippen LogP contribution in [0.2, 0.25) is 0 Å². The quantitative estimate of drug-likeness (QED) is 0.884. The van der Waals surface area contributed by atoms with Crippen LogP contribution >= 0.6 is 0 Å². The van der Waals surface area contributed by atoms with Crippen LogP contribution in [-0.4, -0.2) is 18.4 Å². The number of sulfonamides is 1. The molecule has 8 heteroatoms. The lowest BCUT2D eigenvalue weighted by Crippen LogP contribution is -2.15. The molecule has 0 aliphatic rings. The first-order valence-electron chi connectivity index (χ1n) is 5.25. The Bertz CT molecular complexity index is 701. The van der Waals surface area contributed by atoms with Crippen LogP contribution in [0.4, 0.5) is 16.0 Å². The minimum absolute atomic E-state index is 0.0410. The van der Waals surface area contributed by atoms with Crippen LogP contribution in [0.15, 0.2) is 35.5 Å². The molecular weight excluding hydrogens is 271 g/mol. The molecule has 1 aromatic carbocycles. The molecule has 0 saturated carbocycles. The fourth-order valence-electron chi connectivity index (χ4n) is 1.39. The number of nitrogens with one attached hydrogen (secondary N) is 1. The summed E-state index contributed by atoms with van der Waals surface area (Å²) in [7, 11) is -3.94. The zero-order valence-electron chi connectivity index (χ0n) is 9.96.